The summed E-state index contributed by atoms with van der Waals surface area (Å²) in [5.41, 5.74) is -0.319. The fourth-order valence-corrected chi connectivity index (χ4v) is 1.88. The summed E-state index contributed by atoms with van der Waals surface area (Å²) in [6.45, 7) is -0.595. The third-order valence-electron chi connectivity index (χ3n) is 2.59. The Morgan fingerprint density at radius 3 is 2.29 bits per heavy atom. The Morgan fingerprint density at radius 2 is 1.71 bits per heavy atom. The number of carbonyl (C=O) groups is 1. The van der Waals surface area contributed by atoms with Crippen LogP contribution in [0.2, 0.25) is 0 Å². The van der Waals surface area contributed by atoms with Crippen molar-refractivity contribution in [3.63, 3.8) is 0 Å². The van der Waals surface area contributed by atoms with Crippen molar-refractivity contribution in [1.29, 1.82) is 0 Å². The van der Waals surface area contributed by atoms with E-state index in [-0.39, 0.29) is 11.3 Å². The van der Waals surface area contributed by atoms with E-state index in [1.165, 1.54) is 12.1 Å². The molecule has 0 aliphatic heterocycles. The molecule has 21 heavy (non-hydrogen) atoms. The first-order chi connectivity index (χ1) is 9.88. The molecule has 0 amide bonds. The molecule has 0 spiro atoms. The van der Waals surface area contributed by atoms with Crippen molar-refractivity contribution in [2.75, 3.05) is 6.61 Å². The fraction of sp³-hybridized carbons (Fsp3) is 0.0714. The molecule has 2 aromatic rings. The van der Waals surface area contributed by atoms with E-state index < -0.39 is 35.6 Å². The number of benzene rings is 2. The van der Waals surface area contributed by atoms with E-state index in [0.29, 0.717) is 16.6 Å². The molecule has 0 aliphatic carbocycles. The number of ether oxygens (including phenoxy) is 1. The van der Waals surface area contributed by atoms with Crippen LogP contribution in [-0.2, 0) is 0 Å². The van der Waals surface area contributed by atoms with E-state index in [1.807, 2.05) is 0 Å². The van der Waals surface area contributed by atoms with E-state index in [9.17, 15) is 18.0 Å². The van der Waals surface area contributed by atoms with Gasteiger partial charge in [0, 0.05) is 10.0 Å². The molecule has 7 heteroatoms. The molecule has 0 atom stereocenters. The Hall–Kier alpha value is -2.02. The number of ketones is 1. The van der Waals surface area contributed by atoms with Gasteiger partial charge in [-0.3, -0.25) is 4.79 Å². The summed E-state index contributed by atoms with van der Waals surface area (Å²) in [4.78, 5) is 11.7. The lowest BCUT2D eigenvalue weighted by Gasteiger charge is -2.07. The minimum atomic E-state index is -1.26. The van der Waals surface area contributed by atoms with Crippen LogP contribution in [0.25, 0.3) is 0 Å². The first-order valence-electron chi connectivity index (χ1n) is 5.67. The quantitative estimate of drug-likeness (QED) is 0.842. The van der Waals surface area contributed by atoms with Gasteiger partial charge in [-0.05, 0) is 30.3 Å². The minimum absolute atomic E-state index is 0.161. The molecule has 0 aromatic heterocycles. The molecule has 0 fully saturated rings. The summed E-state index contributed by atoms with van der Waals surface area (Å²) in [6.07, 6.45) is 0. The Labute approximate surface area is 126 Å². The SMILES string of the molecule is O=C(COc1ccc(Br)cc1F)c1cc(F)c(O)c(F)c1. The summed E-state index contributed by atoms with van der Waals surface area (Å²) in [5, 5.41) is 8.94. The van der Waals surface area contributed by atoms with Crippen LogP contribution in [0.4, 0.5) is 13.2 Å². The van der Waals surface area contributed by atoms with Crippen molar-refractivity contribution < 1.29 is 27.8 Å². The summed E-state index contributed by atoms with van der Waals surface area (Å²) in [6, 6.07) is 5.34. The van der Waals surface area contributed by atoms with E-state index in [2.05, 4.69) is 15.9 Å². The number of carbonyl (C=O) groups excluding carboxylic acids is 1. The van der Waals surface area contributed by atoms with Crippen molar-refractivity contribution in [2.45, 2.75) is 0 Å². The van der Waals surface area contributed by atoms with Gasteiger partial charge in [-0.2, -0.15) is 0 Å². The van der Waals surface area contributed by atoms with Crippen LogP contribution in [0.15, 0.2) is 34.8 Å². The predicted octanol–water partition coefficient (Wildman–Crippen LogP) is 3.83. The number of hydrogen-bond acceptors (Lipinski definition) is 3. The molecule has 2 rings (SSSR count). The Morgan fingerprint density at radius 1 is 1.10 bits per heavy atom. The van der Waals surface area contributed by atoms with Gasteiger partial charge in [0.2, 0.25) is 0 Å². The highest BCUT2D eigenvalue weighted by atomic mass is 79.9. The molecule has 0 bridgehead atoms. The third-order valence-corrected chi connectivity index (χ3v) is 3.08. The van der Waals surface area contributed by atoms with Crippen LogP contribution in [0, 0.1) is 17.5 Å². The number of Topliss-reactive ketones (excluding diaryl/α,β-unsaturated/α-hetero) is 1. The van der Waals surface area contributed by atoms with E-state index in [0.717, 1.165) is 6.07 Å². The molecule has 0 saturated heterocycles. The van der Waals surface area contributed by atoms with Gasteiger partial charge in [-0.25, -0.2) is 13.2 Å². The second-order valence-corrected chi connectivity index (χ2v) is 4.99. The number of rotatable bonds is 4. The minimum Gasteiger partial charge on any atom is -0.503 e. The smallest absolute Gasteiger partial charge is 0.200 e. The van der Waals surface area contributed by atoms with Crippen LogP contribution in [0.5, 0.6) is 11.5 Å². The van der Waals surface area contributed by atoms with Gasteiger partial charge in [0.05, 0.1) is 0 Å². The first kappa shape index (κ1) is 15.4. The lowest BCUT2D eigenvalue weighted by molar-refractivity contribution is 0.0917. The Kier molecular flexibility index (Phi) is 4.52. The van der Waals surface area contributed by atoms with Gasteiger partial charge < -0.3 is 9.84 Å². The second kappa shape index (κ2) is 6.17. The number of phenolic OH excluding ortho intramolecular Hbond substituents is 1. The van der Waals surface area contributed by atoms with E-state index in [1.54, 1.807) is 0 Å². The maximum absolute atomic E-state index is 13.5. The maximum Gasteiger partial charge on any atom is 0.200 e. The second-order valence-electron chi connectivity index (χ2n) is 4.08. The molecule has 1 N–H and O–H groups in total. The molecular formula is C14H8BrF3O3. The monoisotopic (exact) mass is 360 g/mol. The Balaban J connectivity index is 2.12. The molecule has 0 heterocycles. The number of aromatic hydroxyl groups is 1. The van der Waals surface area contributed by atoms with E-state index >= 15 is 0 Å². The third kappa shape index (κ3) is 3.55. The average Bonchev–Trinajstić information content (AvgIpc) is 2.43. The van der Waals surface area contributed by atoms with Crippen LogP contribution >= 0.6 is 15.9 Å². The van der Waals surface area contributed by atoms with Crippen molar-refractivity contribution in [2.24, 2.45) is 0 Å². The van der Waals surface area contributed by atoms with Crippen LogP contribution in [-0.4, -0.2) is 17.5 Å². The predicted molar refractivity (Wildman–Crippen MR) is 71.9 cm³/mol. The first-order valence-corrected chi connectivity index (χ1v) is 6.47. The highest BCUT2D eigenvalue weighted by molar-refractivity contribution is 9.10. The van der Waals surface area contributed by atoms with Crippen molar-refractivity contribution in [1.82, 2.24) is 0 Å². The highest BCUT2D eigenvalue weighted by Gasteiger charge is 2.15. The summed E-state index contributed by atoms with van der Waals surface area (Å²) >= 11 is 3.07. The fourth-order valence-electron chi connectivity index (χ4n) is 1.55. The van der Waals surface area contributed by atoms with Gasteiger partial charge in [0.1, 0.15) is 0 Å². The zero-order valence-electron chi connectivity index (χ0n) is 10.4. The van der Waals surface area contributed by atoms with Gasteiger partial charge in [0.15, 0.2) is 41.3 Å². The lowest BCUT2D eigenvalue weighted by atomic mass is 10.1. The topological polar surface area (TPSA) is 46.5 Å². The highest BCUT2D eigenvalue weighted by Crippen LogP contribution is 2.23. The molecular weight excluding hydrogens is 353 g/mol. The summed E-state index contributed by atoms with van der Waals surface area (Å²) in [5.74, 6) is -5.27. The number of phenols is 1. The van der Waals surface area contributed by atoms with Crippen molar-refractivity contribution in [3.05, 3.63) is 57.8 Å². The molecule has 0 unspecified atom stereocenters. The normalized spacial score (nSPS) is 10.5. The summed E-state index contributed by atoms with van der Waals surface area (Å²) < 4.78 is 45.2. The largest absolute Gasteiger partial charge is 0.503 e. The van der Waals surface area contributed by atoms with Gasteiger partial charge in [0.25, 0.3) is 0 Å². The van der Waals surface area contributed by atoms with E-state index in [4.69, 9.17) is 9.84 Å². The number of halogens is 4. The average molecular weight is 361 g/mol. The molecule has 2 aromatic carbocycles. The molecule has 0 saturated carbocycles. The van der Waals surface area contributed by atoms with Gasteiger partial charge in [-0.15, -0.1) is 0 Å². The zero-order valence-corrected chi connectivity index (χ0v) is 12.0. The van der Waals surface area contributed by atoms with Crippen molar-refractivity contribution in [3.8, 4) is 11.5 Å². The van der Waals surface area contributed by atoms with Gasteiger partial charge >= 0.3 is 0 Å². The maximum atomic E-state index is 13.5. The molecule has 3 nitrogen and oxygen atoms in total. The number of hydrogen-bond donors (Lipinski definition) is 1. The lowest BCUT2D eigenvalue weighted by Crippen LogP contribution is -2.13. The standard InChI is InChI=1S/C14H8BrF3O3/c15-8-1-2-13(9(16)5-8)21-6-12(19)7-3-10(17)14(20)11(18)4-7/h1-5,20H,6H2. The van der Waals surface area contributed by atoms with Crippen LogP contribution < -0.4 is 4.74 Å². The zero-order chi connectivity index (χ0) is 15.6. The molecule has 0 radical (unpaired) electrons. The molecule has 0 aliphatic rings. The summed E-state index contributed by atoms with van der Waals surface area (Å²) in [7, 11) is 0. The Bertz CT molecular complexity index is 681. The van der Waals surface area contributed by atoms with Crippen molar-refractivity contribution >= 4 is 21.7 Å². The van der Waals surface area contributed by atoms with Gasteiger partial charge in [-0.1, -0.05) is 15.9 Å². The van der Waals surface area contributed by atoms with Crippen LogP contribution in [0.3, 0.4) is 0 Å². The molecule has 110 valence electrons. The van der Waals surface area contributed by atoms with Crippen LogP contribution in [0.1, 0.15) is 10.4 Å².